The molecule has 3 heteroatoms. The normalized spacial score (nSPS) is 11.6. The van der Waals surface area contributed by atoms with Gasteiger partial charge in [-0.3, -0.25) is 4.99 Å². The molecule has 0 saturated carbocycles. The Morgan fingerprint density at radius 1 is 1.62 bits per heavy atom. The summed E-state index contributed by atoms with van der Waals surface area (Å²) in [5, 5.41) is 8.20. The van der Waals surface area contributed by atoms with Gasteiger partial charge in [0.15, 0.2) is 0 Å². The van der Waals surface area contributed by atoms with Crippen molar-refractivity contribution < 1.29 is 5.11 Å². The third kappa shape index (κ3) is 5.17. The van der Waals surface area contributed by atoms with Gasteiger partial charge in [-0.2, -0.15) is 0 Å². The van der Waals surface area contributed by atoms with Crippen LogP contribution in [0.25, 0.3) is 0 Å². The highest BCUT2D eigenvalue weighted by atomic mass is 16.3. The first-order valence-corrected chi connectivity index (χ1v) is 2.39. The molecule has 8 heavy (non-hydrogen) atoms. The molecule has 0 aromatic carbocycles. The summed E-state index contributed by atoms with van der Waals surface area (Å²) in [6, 6.07) is 0. The van der Waals surface area contributed by atoms with Gasteiger partial charge in [-0.1, -0.05) is 0 Å². The standard InChI is InChI=1S/C5H10N2O/c6-2-1-3-7-4-5-8/h1-3,8H,4-6H2. The molecule has 3 nitrogen and oxygen atoms in total. The zero-order valence-electron chi connectivity index (χ0n) is 4.62. The van der Waals surface area contributed by atoms with E-state index in [1.54, 1.807) is 12.3 Å². The highest BCUT2D eigenvalue weighted by Gasteiger charge is 1.68. The largest absolute Gasteiger partial charge is 0.405 e. The van der Waals surface area contributed by atoms with Crippen LogP contribution in [0.1, 0.15) is 0 Å². The summed E-state index contributed by atoms with van der Waals surface area (Å²) in [5.41, 5.74) is 4.98. The van der Waals surface area contributed by atoms with E-state index in [-0.39, 0.29) is 6.61 Å². The van der Waals surface area contributed by atoms with Crippen molar-refractivity contribution in [1.29, 1.82) is 0 Å². The topological polar surface area (TPSA) is 58.6 Å². The van der Waals surface area contributed by atoms with Crippen LogP contribution >= 0.6 is 0 Å². The summed E-state index contributed by atoms with van der Waals surface area (Å²) in [7, 11) is 0. The van der Waals surface area contributed by atoms with Gasteiger partial charge in [0.05, 0.1) is 13.2 Å². The van der Waals surface area contributed by atoms with Crippen LogP contribution in [0, 0.1) is 0 Å². The molecule has 0 rings (SSSR count). The summed E-state index contributed by atoms with van der Waals surface area (Å²) in [6.45, 7) is 0.541. The minimum atomic E-state index is 0.0922. The number of nitrogens with two attached hydrogens (primary N) is 1. The maximum atomic E-state index is 8.20. The van der Waals surface area contributed by atoms with Crippen molar-refractivity contribution in [3.63, 3.8) is 0 Å². The van der Waals surface area contributed by atoms with Crippen LogP contribution in [0.2, 0.25) is 0 Å². The Morgan fingerprint density at radius 2 is 2.38 bits per heavy atom. The molecule has 0 saturated heterocycles. The Labute approximate surface area is 48.5 Å². The molecule has 0 bridgehead atoms. The van der Waals surface area contributed by atoms with E-state index in [2.05, 4.69) is 4.99 Å². The van der Waals surface area contributed by atoms with Gasteiger partial charge in [-0.25, -0.2) is 0 Å². The SMILES string of the molecule is NC=CC=NCCO. The highest BCUT2D eigenvalue weighted by Crippen LogP contribution is 1.64. The van der Waals surface area contributed by atoms with Crippen LogP contribution in [-0.4, -0.2) is 24.5 Å². The number of aliphatic imine (C=N–C) groups is 1. The first-order chi connectivity index (χ1) is 3.91. The molecule has 0 radical (unpaired) electrons. The molecule has 0 aliphatic heterocycles. The Balaban J connectivity index is 3.07. The van der Waals surface area contributed by atoms with E-state index in [4.69, 9.17) is 10.8 Å². The molecule has 0 atom stereocenters. The maximum absolute atomic E-state index is 8.20. The van der Waals surface area contributed by atoms with Gasteiger partial charge >= 0.3 is 0 Å². The average Bonchev–Trinajstić information content (AvgIpc) is 1.81. The molecule has 0 aliphatic carbocycles. The maximum Gasteiger partial charge on any atom is 0.0626 e. The lowest BCUT2D eigenvalue weighted by Gasteiger charge is -1.79. The second kappa shape index (κ2) is 6.17. The van der Waals surface area contributed by atoms with Gasteiger partial charge in [0.2, 0.25) is 0 Å². The number of hydrogen-bond acceptors (Lipinski definition) is 3. The summed E-state index contributed by atoms with van der Waals surface area (Å²) in [5.74, 6) is 0. The lowest BCUT2D eigenvalue weighted by molar-refractivity contribution is 0.307. The quantitative estimate of drug-likeness (QED) is 0.487. The molecular formula is C5H10N2O. The van der Waals surface area contributed by atoms with Crippen molar-refractivity contribution in [3.05, 3.63) is 12.3 Å². The first-order valence-electron chi connectivity index (χ1n) is 2.39. The first kappa shape index (κ1) is 7.17. The molecule has 0 spiro atoms. The number of nitrogens with zero attached hydrogens (tertiary/aromatic N) is 1. The fraction of sp³-hybridized carbons (Fsp3) is 0.400. The summed E-state index contributed by atoms with van der Waals surface area (Å²) >= 11 is 0. The number of rotatable bonds is 3. The fourth-order valence-corrected chi connectivity index (χ4v) is 0.243. The molecule has 0 aromatic rings. The molecule has 0 aromatic heterocycles. The summed E-state index contributed by atoms with van der Waals surface area (Å²) in [4.78, 5) is 3.74. The lowest BCUT2D eigenvalue weighted by atomic mass is 10.6. The van der Waals surface area contributed by atoms with Crippen LogP contribution in [-0.2, 0) is 0 Å². The molecule has 0 fully saturated rings. The molecule has 0 amide bonds. The van der Waals surface area contributed by atoms with Crippen molar-refractivity contribution >= 4 is 6.21 Å². The number of aliphatic hydroxyl groups excluding tert-OH is 1. The fourth-order valence-electron chi connectivity index (χ4n) is 0.243. The highest BCUT2D eigenvalue weighted by molar-refractivity contribution is 5.70. The van der Waals surface area contributed by atoms with E-state index in [0.717, 1.165) is 0 Å². The van der Waals surface area contributed by atoms with E-state index in [1.807, 2.05) is 0 Å². The smallest absolute Gasteiger partial charge is 0.0626 e. The second-order valence-electron chi connectivity index (χ2n) is 1.16. The van der Waals surface area contributed by atoms with Crippen LogP contribution < -0.4 is 5.73 Å². The Kier molecular flexibility index (Phi) is 5.53. The Morgan fingerprint density at radius 3 is 2.88 bits per heavy atom. The zero-order chi connectivity index (χ0) is 6.24. The van der Waals surface area contributed by atoms with E-state index >= 15 is 0 Å². The van der Waals surface area contributed by atoms with Gasteiger partial charge < -0.3 is 10.8 Å². The number of allylic oxidation sites excluding steroid dienone is 1. The molecule has 46 valence electrons. The Hall–Kier alpha value is -0.830. The molecule has 0 heterocycles. The van der Waals surface area contributed by atoms with Gasteiger partial charge in [0.1, 0.15) is 0 Å². The van der Waals surface area contributed by atoms with E-state index in [1.165, 1.54) is 6.20 Å². The van der Waals surface area contributed by atoms with E-state index < -0.39 is 0 Å². The number of aliphatic hydroxyl groups is 1. The molecule has 3 N–H and O–H groups in total. The van der Waals surface area contributed by atoms with Crippen LogP contribution in [0.15, 0.2) is 17.3 Å². The van der Waals surface area contributed by atoms with Crippen LogP contribution in [0.3, 0.4) is 0 Å². The number of hydrogen-bond donors (Lipinski definition) is 2. The van der Waals surface area contributed by atoms with Gasteiger partial charge in [-0.15, -0.1) is 0 Å². The van der Waals surface area contributed by atoms with Gasteiger partial charge in [0, 0.05) is 6.21 Å². The predicted octanol–water partition coefficient (Wildman–Crippen LogP) is -0.478. The summed E-state index contributed by atoms with van der Waals surface area (Å²) < 4.78 is 0. The average molecular weight is 114 g/mol. The molecule has 0 unspecified atom stereocenters. The molecular weight excluding hydrogens is 104 g/mol. The van der Waals surface area contributed by atoms with E-state index in [0.29, 0.717) is 6.54 Å². The van der Waals surface area contributed by atoms with Crippen molar-refractivity contribution in [1.82, 2.24) is 0 Å². The molecule has 0 aliphatic rings. The predicted molar refractivity (Wildman–Crippen MR) is 33.8 cm³/mol. The Bertz CT molecular complexity index is 88.4. The summed E-state index contributed by atoms with van der Waals surface area (Å²) in [6.07, 6.45) is 4.55. The van der Waals surface area contributed by atoms with Crippen molar-refractivity contribution in [2.75, 3.05) is 13.2 Å². The second-order valence-corrected chi connectivity index (χ2v) is 1.16. The lowest BCUT2D eigenvalue weighted by Crippen LogP contribution is -1.86. The monoisotopic (exact) mass is 114 g/mol. The van der Waals surface area contributed by atoms with Crippen molar-refractivity contribution in [2.45, 2.75) is 0 Å². The minimum Gasteiger partial charge on any atom is -0.405 e. The van der Waals surface area contributed by atoms with Crippen molar-refractivity contribution in [2.24, 2.45) is 10.7 Å². The van der Waals surface area contributed by atoms with Gasteiger partial charge in [-0.05, 0) is 12.3 Å². The van der Waals surface area contributed by atoms with E-state index in [9.17, 15) is 0 Å². The third-order valence-electron chi connectivity index (χ3n) is 0.532. The third-order valence-corrected chi connectivity index (χ3v) is 0.532. The minimum absolute atomic E-state index is 0.0922. The van der Waals surface area contributed by atoms with Crippen LogP contribution in [0.5, 0.6) is 0 Å². The van der Waals surface area contributed by atoms with Crippen LogP contribution in [0.4, 0.5) is 0 Å². The van der Waals surface area contributed by atoms with Crippen molar-refractivity contribution in [3.8, 4) is 0 Å². The zero-order valence-corrected chi connectivity index (χ0v) is 4.62. The van der Waals surface area contributed by atoms with Gasteiger partial charge in [0.25, 0.3) is 0 Å².